The Kier molecular flexibility index (Phi) is 3.83. The Morgan fingerprint density at radius 1 is 1.60 bits per heavy atom. The lowest BCUT2D eigenvalue weighted by Gasteiger charge is -2.03. The van der Waals surface area contributed by atoms with Gasteiger partial charge in [0.2, 0.25) is 10.0 Å². The number of nitrogens with zero attached hydrogens (tertiary/aromatic N) is 2. The zero-order chi connectivity index (χ0) is 11.5. The van der Waals surface area contributed by atoms with Crippen LogP contribution in [0.1, 0.15) is 12.1 Å². The Labute approximate surface area is 89.0 Å². The molecule has 15 heavy (non-hydrogen) atoms. The third-order valence-corrected chi connectivity index (χ3v) is 3.45. The van der Waals surface area contributed by atoms with Crippen molar-refractivity contribution in [1.82, 2.24) is 14.5 Å². The molecule has 0 saturated heterocycles. The fourth-order valence-corrected chi connectivity index (χ4v) is 2.49. The predicted molar refractivity (Wildman–Crippen MR) is 54.8 cm³/mol. The molecule has 86 valence electrons. The summed E-state index contributed by atoms with van der Waals surface area (Å²) in [6, 6.07) is 0. The average molecular weight is 233 g/mol. The van der Waals surface area contributed by atoms with Crippen LogP contribution < -0.4 is 4.72 Å². The first kappa shape index (κ1) is 12.2. The third-order valence-electron chi connectivity index (χ3n) is 1.88. The van der Waals surface area contributed by atoms with Crippen LogP contribution in [0.5, 0.6) is 0 Å². The summed E-state index contributed by atoms with van der Waals surface area (Å²) in [6.07, 6.45) is 1.86. The van der Waals surface area contributed by atoms with Crippen LogP contribution in [0.4, 0.5) is 0 Å². The fraction of sp³-hybridized carbons (Fsp3) is 0.625. The highest BCUT2D eigenvalue weighted by Gasteiger charge is 2.18. The van der Waals surface area contributed by atoms with E-state index in [9.17, 15) is 8.42 Å². The van der Waals surface area contributed by atoms with Gasteiger partial charge in [-0.3, -0.25) is 4.68 Å². The lowest BCUT2D eigenvalue weighted by Crippen LogP contribution is -2.25. The normalized spacial score (nSPS) is 11.9. The number of aliphatic hydroxyl groups is 1. The van der Waals surface area contributed by atoms with E-state index in [1.807, 2.05) is 0 Å². The summed E-state index contributed by atoms with van der Waals surface area (Å²) in [4.78, 5) is 0.183. The molecule has 0 aliphatic rings. The van der Waals surface area contributed by atoms with Gasteiger partial charge in [-0.25, -0.2) is 13.1 Å². The van der Waals surface area contributed by atoms with E-state index in [4.69, 9.17) is 5.11 Å². The standard InChI is InChI=1S/C8H15N3O3S/c1-7-8(6-11(2)10-7)15(13,14)9-4-3-5-12/h6,9,12H,3-5H2,1-2H3. The maximum atomic E-state index is 11.7. The molecule has 0 amide bonds. The van der Waals surface area contributed by atoms with Crippen LogP contribution in [-0.2, 0) is 17.1 Å². The maximum absolute atomic E-state index is 11.7. The van der Waals surface area contributed by atoms with E-state index in [-0.39, 0.29) is 18.0 Å². The minimum absolute atomic E-state index is 0.0332. The minimum atomic E-state index is -3.49. The van der Waals surface area contributed by atoms with Crippen molar-refractivity contribution in [2.75, 3.05) is 13.2 Å². The fourth-order valence-electron chi connectivity index (χ4n) is 1.21. The van der Waals surface area contributed by atoms with E-state index < -0.39 is 10.0 Å². The van der Waals surface area contributed by atoms with E-state index in [0.29, 0.717) is 12.1 Å². The van der Waals surface area contributed by atoms with Crippen LogP contribution in [0.3, 0.4) is 0 Å². The topological polar surface area (TPSA) is 84.2 Å². The molecule has 1 heterocycles. The van der Waals surface area contributed by atoms with Crippen molar-refractivity contribution < 1.29 is 13.5 Å². The van der Waals surface area contributed by atoms with Crippen molar-refractivity contribution in [3.05, 3.63) is 11.9 Å². The van der Waals surface area contributed by atoms with Gasteiger partial charge in [0.05, 0.1) is 5.69 Å². The van der Waals surface area contributed by atoms with Gasteiger partial charge in [-0.15, -0.1) is 0 Å². The van der Waals surface area contributed by atoms with Gasteiger partial charge in [-0.1, -0.05) is 0 Å². The molecular formula is C8H15N3O3S. The lowest BCUT2D eigenvalue weighted by atomic mass is 10.5. The van der Waals surface area contributed by atoms with Gasteiger partial charge in [0.25, 0.3) is 0 Å². The summed E-state index contributed by atoms with van der Waals surface area (Å²) in [6.45, 7) is 1.84. The van der Waals surface area contributed by atoms with Crippen LogP contribution >= 0.6 is 0 Å². The molecule has 0 bridgehead atoms. The summed E-state index contributed by atoms with van der Waals surface area (Å²) >= 11 is 0. The van der Waals surface area contributed by atoms with Crippen LogP contribution in [0.15, 0.2) is 11.1 Å². The molecule has 1 aromatic heterocycles. The molecule has 1 aromatic rings. The summed E-state index contributed by atoms with van der Waals surface area (Å²) in [7, 11) is -1.82. The van der Waals surface area contributed by atoms with Crippen molar-refractivity contribution in [1.29, 1.82) is 0 Å². The van der Waals surface area contributed by atoms with Crippen molar-refractivity contribution in [2.24, 2.45) is 7.05 Å². The highest BCUT2D eigenvalue weighted by Crippen LogP contribution is 2.11. The largest absolute Gasteiger partial charge is 0.396 e. The van der Waals surface area contributed by atoms with Crippen molar-refractivity contribution >= 4 is 10.0 Å². The van der Waals surface area contributed by atoms with Crippen molar-refractivity contribution in [2.45, 2.75) is 18.2 Å². The molecule has 0 spiro atoms. The third kappa shape index (κ3) is 3.01. The Hall–Kier alpha value is -0.920. The number of aliphatic hydroxyl groups excluding tert-OH is 1. The Balaban J connectivity index is 2.82. The van der Waals surface area contributed by atoms with Gasteiger partial charge < -0.3 is 5.11 Å². The molecule has 0 radical (unpaired) electrons. The minimum Gasteiger partial charge on any atom is -0.396 e. The summed E-state index contributed by atoms with van der Waals surface area (Å²) in [5.74, 6) is 0. The van der Waals surface area contributed by atoms with Crippen LogP contribution in [0, 0.1) is 6.92 Å². The van der Waals surface area contributed by atoms with Gasteiger partial charge in [-0.2, -0.15) is 5.10 Å². The average Bonchev–Trinajstić information content (AvgIpc) is 2.46. The number of rotatable bonds is 5. The molecule has 0 saturated carbocycles. The molecule has 0 aliphatic heterocycles. The first-order valence-corrected chi connectivity index (χ1v) is 6.06. The zero-order valence-corrected chi connectivity index (χ0v) is 9.58. The lowest BCUT2D eigenvalue weighted by molar-refractivity contribution is 0.289. The number of nitrogens with one attached hydrogen (secondary N) is 1. The van der Waals surface area contributed by atoms with Gasteiger partial charge in [0.1, 0.15) is 4.90 Å². The SMILES string of the molecule is Cc1nn(C)cc1S(=O)(=O)NCCCO. The van der Waals surface area contributed by atoms with Crippen LogP contribution in [0.25, 0.3) is 0 Å². The molecule has 6 nitrogen and oxygen atoms in total. The monoisotopic (exact) mass is 233 g/mol. The first-order valence-electron chi connectivity index (χ1n) is 4.58. The highest BCUT2D eigenvalue weighted by molar-refractivity contribution is 7.89. The van der Waals surface area contributed by atoms with Gasteiger partial charge in [-0.05, 0) is 13.3 Å². The molecular weight excluding hydrogens is 218 g/mol. The Morgan fingerprint density at radius 3 is 2.73 bits per heavy atom. The Bertz CT molecular complexity index is 424. The molecule has 2 N–H and O–H groups in total. The van der Waals surface area contributed by atoms with Crippen molar-refractivity contribution in [3.8, 4) is 0 Å². The van der Waals surface area contributed by atoms with Gasteiger partial charge in [0, 0.05) is 26.4 Å². The zero-order valence-electron chi connectivity index (χ0n) is 8.77. The van der Waals surface area contributed by atoms with E-state index in [1.54, 1.807) is 14.0 Å². The number of sulfonamides is 1. The van der Waals surface area contributed by atoms with E-state index >= 15 is 0 Å². The quantitative estimate of drug-likeness (QED) is 0.664. The van der Waals surface area contributed by atoms with Gasteiger partial charge in [0.15, 0.2) is 0 Å². The van der Waals surface area contributed by atoms with Crippen LogP contribution in [-0.4, -0.2) is 36.5 Å². The smallest absolute Gasteiger partial charge is 0.243 e. The summed E-state index contributed by atoms with van der Waals surface area (Å²) in [5.41, 5.74) is 0.467. The molecule has 1 rings (SSSR count). The molecule has 0 unspecified atom stereocenters. The first-order chi connectivity index (χ1) is 6.97. The number of aromatic nitrogens is 2. The van der Waals surface area contributed by atoms with Gasteiger partial charge >= 0.3 is 0 Å². The second-order valence-electron chi connectivity index (χ2n) is 3.23. The number of hydrogen-bond acceptors (Lipinski definition) is 4. The van der Waals surface area contributed by atoms with E-state index in [0.717, 1.165) is 0 Å². The second kappa shape index (κ2) is 4.73. The predicted octanol–water partition coefficient (Wildman–Crippen LogP) is -0.611. The second-order valence-corrected chi connectivity index (χ2v) is 4.96. The number of hydrogen-bond donors (Lipinski definition) is 2. The summed E-state index contributed by atoms with van der Waals surface area (Å²) in [5, 5.41) is 12.5. The molecule has 0 atom stereocenters. The van der Waals surface area contributed by atoms with Crippen molar-refractivity contribution in [3.63, 3.8) is 0 Å². The maximum Gasteiger partial charge on any atom is 0.243 e. The number of aryl methyl sites for hydroxylation is 2. The highest BCUT2D eigenvalue weighted by atomic mass is 32.2. The van der Waals surface area contributed by atoms with E-state index in [1.165, 1.54) is 10.9 Å². The molecule has 7 heteroatoms. The van der Waals surface area contributed by atoms with Crippen LogP contribution in [0.2, 0.25) is 0 Å². The van der Waals surface area contributed by atoms with E-state index in [2.05, 4.69) is 9.82 Å². The Morgan fingerprint density at radius 2 is 2.27 bits per heavy atom. The molecule has 0 aromatic carbocycles. The summed E-state index contributed by atoms with van der Waals surface area (Å²) < 4.78 is 27.2. The molecule has 0 fully saturated rings. The molecule has 0 aliphatic carbocycles.